The fraction of sp³-hybridized carbons (Fsp3) is 0.286. The number of aryl methyl sites for hydroxylation is 1. The number of nitrogens with zero attached hydrogens (tertiary/aromatic N) is 6. The molecule has 0 radical (unpaired) electrons. The van der Waals surface area contributed by atoms with Gasteiger partial charge < -0.3 is 9.42 Å². The maximum atomic E-state index is 12.3. The van der Waals surface area contributed by atoms with Gasteiger partial charge in [0.15, 0.2) is 0 Å². The molecule has 8 nitrogen and oxygen atoms in total. The molecule has 1 aliphatic rings. The minimum absolute atomic E-state index is 0.0392. The Kier molecular flexibility index (Phi) is 3.34. The molecule has 3 aromatic heterocycles. The summed E-state index contributed by atoms with van der Waals surface area (Å²) >= 11 is 1.12. The maximum Gasteiger partial charge on any atom is 0.267 e. The Hall–Kier alpha value is -2.68. The molecule has 0 atom stereocenters. The second-order valence-corrected chi connectivity index (χ2v) is 6.04. The lowest BCUT2D eigenvalue weighted by atomic mass is 10.00. The molecule has 9 heteroatoms. The molecule has 116 valence electrons. The lowest BCUT2D eigenvalue weighted by Crippen LogP contribution is -2.48. The zero-order valence-corrected chi connectivity index (χ0v) is 13.0. The van der Waals surface area contributed by atoms with Gasteiger partial charge >= 0.3 is 0 Å². The van der Waals surface area contributed by atoms with Crippen LogP contribution in [0.5, 0.6) is 0 Å². The maximum absolute atomic E-state index is 12.3. The standard InChI is InChI=1S/C14H12N6O2S/c1-8-11(23-19-17-8)14(21)20-6-10(7-20)13-16-12(18-22-13)9-2-4-15-5-3-9/h2-5,10H,6-7H2,1H3. The quantitative estimate of drug-likeness (QED) is 0.719. The SMILES string of the molecule is Cc1nnsc1C(=O)N1CC(c2nc(-c3ccncc3)no2)C1. The number of hydrogen-bond donors (Lipinski definition) is 0. The number of amides is 1. The summed E-state index contributed by atoms with van der Waals surface area (Å²) in [5.41, 5.74) is 1.52. The predicted octanol–water partition coefficient (Wildman–Crippen LogP) is 1.53. The predicted molar refractivity (Wildman–Crippen MR) is 80.8 cm³/mol. The fourth-order valence-corrected chi connectivity index (χ4v) is 3.02. The topological polar surface area (TPSA) is 97.9 Å². The first-order valence-corrected chi connectivity index (χ1v) is 7.82. The van der Waals surface area contributed by atoms with Gasteiger partial charge in [-0.15, -0.1) is 5.10 Å². The zero-order valence-electron chi connectivity index (χ0n) is 12.2. The summed E-state index contributed by atoms with van der Waals surface area (Å²) in [6, 6.07) is 3.65. The minimum Gasteiger partial charge on any atom is -0.339 e. The van der Waals surface area contributed by atoms with Crippen LogP contribution in [0.3, 0.4) is 0 Å². The Balaban J connectivity index is 1.44. The van der Waals surface area contributed by atoms with Gasteiger partial charge in [-0.05, 0) is 30.6 Å². The third kappa shape index (κ3) is 2.48. The molecule has 3 aromatic rings. The monoisotopic (exact) mass is 328 g/mol. The first-order valence-electron chi connectivity index (χ1n) is 7.04. The van der Waals surface area contributed by atoms with Crippen molar-refractivity contribution >= 4 is 17.4 Å². The van der Waals surface area contributed by atoms with E-state index >= 15 is 0 Å². The first kappa shape index (κ1) is 13.9. The summed E-state index contributed by atoms with van der Waals surface area (Å²) in [6.45, 7) is 2.91. The summed E-state index contributed by atoms with van der Waals surface area (Å²) < 4.78 is 9.12. The Morgan fingerprint density at radius 1 is 1.35 bits per heavy atom. The number of carbonyl (C=O) groups is 1. The highest BCUT2D eigenvalue weighted by molar-refractivity contribution is 7.07. The van der Waals surface area contributed by atoms with Crippen molar-refractivity contribution in [3.8, 4) is 11.4 Å². The van der Waals surface area contributed by atoms with Crippen molar-refractivity contribution in [1.82, 2.24) is 29.6 Å². The van der Waals surface area contributed by atoms with Crippen LogP contribution in [-0.2, 0) is 0 Å². The Labute approximate surface area is 135 Å². The summed E-state index contributed by atoms with van der Waals surface area (Å²) in [4.78, 5) is 23.0. The molecule has 4 rings (SSSR count). The van der Waals surface area contributed by atoms with E-state index in [4.69, 9.17) is 4.52 Å². The largest absolute Gasteiger partial charge is 0.339 e. The molecule has 1 fully saturated rings. The van der Waals surface area contributed by atoms with Gasteiger partial charge in [0.1, 0.15) is 4.88 Å². The highest BCUT2D eigenvalue weighted by Gasteiger charge is 2.37. The Morgan fingerprint density at radius 2 is 2.13 bits per heavy atom. The molecule has 0 saturated carbocycles. The van der Waals surface area contributed by atoms with E-state index in [1.54, 1.807) is 24.2 Å². The van der Waals surface area contributed by atoms with Crippen LogP contribution in [0.4, 0.5) is 0 Å². The summed E-state index contributed by atoms with van der Waals surface area (Å²) in [5.74, 6) is 1.13. The number of rotatable bonds is 3. The Bertz CT molecular complexity index is 840. The summed E-state index contributed by atoms with van der Waals surface area (Å²) in [7, 11) is 0. The average Bonchev–Trinajstić information content (AvgIpc) is 3.16. The number of likely N-dealkylation sites (tertiary alicyclic amines) is 1. The van der Waals surface area contributed by atoms with Crippen LogP contribution in [0.1, 0.15) is 27.2 Å². The van der Waals surface area contributed by atoms with Crippen molar-refractivity contribution in [3.05, 3.63) is 41.0 Å². The molecule has 0 bridgehead atoms. The van der Waals surface area contributed by atoms with Crippen LogP contribution in [0, 0.1) is 6.92 Å². The van der Waals surface area contributed by atoms with Gasteiger partial charge in [-0.2, -0.15) is 4.98 Å². The highest BCUT2D eigenvalue weighted by atomic mass is 32.1. The van der Waals surface area contributed by atoms with Gasteiger partial charge in [0.05, 0.1) is 11.6 Å². The number of aromatic nitrogens is 5. The van der Waals surface area contributed by atoms with Gasteiger partial charge in [-0.3, -0.25) is 9.78 Å². The number of hydrogen-bond acceptors (Lipinski definition) is 8. The van der Waals surface area contributed by atoms with Gasteiger partial charge in [-0.25, -0.2) is 0 Å². The molecule has 0 N–H and O–H groups in total. The highest BCUT2D eigenvalue weighted by Crippen LogP contribution is 2.29. The molecule has 0 aliphatic carbocycles. The van der Waals surface area contributed by atoms with Crippen molar-refractivity contribution in [2.75, 3.05) is 13.1 Å². The molecule has 23 heavy (non-hydrogen) atoms. The molecular formula is C14H12N6O2S. The minimum atomic E-state index is -0.0392. The Morgan fingerprint density at radius 3 is 2.83 bits per heavy atom. The smallest absolute Gasteiger partial charge is 0.267 e. The van der Waals surface area contributed by atoms with Crippen molar-refractivity contribution in [3.63, 3.8) is 0 Å². The summed E-state index contributed by atoms with van der Waals surface area (Å²) in [5, 5.41) is 7.86. The van der Waals surface area contributed by atoms with Crippen LogP contribution in [0.25, 0.3) is 11.4 Å². The number of pyridine rings is 1. The molecule has 1 amide bonds. The number of carbonyl (C=O) groups excluding carboxylic acids is 1. The van der Waals surface area contributed by atoms with Crippen molar-refractivity contribution < 1.29 is 9.32 Å². The van der Waals surface area contributed by atoms with Gasteiger partial charge in [0.2, 0.25) is 11.7 Å². The third-order valence-corrected chi connectivity index (χ3v) is 4.56. The molecular weight excluding hydrogens is 316 g/mol. The molecule has 1 saturated heterocycles. The zero-order chi connectivity index (χ0) is 15.8. The molecule has 0 spiro atoms. The van der Waals surface area contributed by atoms with E-state index in [1.807, 2.05) is 12.1 Å². The fourth-order valence-electron chi connectivity index (χ4n) is 2.39. The molecule has 0 aromatic carbocycles. The van der Waals surface area contributed by atoms with Crippen molar-refractivity contribution in [2.45, 2.75) is 12.8 Å². The second-order valence-electron chi connectivity index (χ2n) is 5.29. The van der Waals surface area contributed by atoms with Crippen molar-refractivity contribution in [2.24, 2.45) is 0 Å². The lowest BCUT2D eigenvalue weighted by molar-refractivity contribution is 0.0573. The third-order valence-electron chi connectivity index (χ3n) is 3.74. The summed E-state index contributed by atoms with van der Waals surface area (Å²) in [6.07, 6.45) is 3.36. The van der Waals surface area contributed by atoms with E-state index in [0.717, 1.165) is 17.1 Å². The van der Waals surface area contributed by atoms with E-state index in [0.29, 0.717) is 35.4 Å². The van der Waals surface area contributed by atoms with Crippen molar-refractivity contribution in [1.29, 1.82) is 0 Å². The molecule has 0 unspecified atom stereocenters. The van der Waals surface area contributed by atoms with Gasteiger partial charge in [0, 0.05) is 31.0 Å². The molecule has 4 heterocycles. The van der Waals surface area contributed by atoms with Crippen LogP contribution >= 0.6 is 11.5 Å². The van der Waals surface area contributed by atoms with Crippen LogP contribution in [-0.4, -0.2) is 48.6 Å². The van der Waals surface area contributed by atoms with Crippen LogP contribution in [0.2, 0.25) is 0 Å². The average molecular weight is 328 g/mol. The molecule has 1 aliphatic heterocycles. The van der Waals surface area contributed by atoms with E-state index in [2.05, 4.69) is 24.7 Å². The van der Waals surface area contributed by atoms with Crippen LogP contribution < -0.4 is 0 Å². The first-order chi connectivity index (χ1) is 11.2. The second kappa shape index (κ2) is 5.51. The van der Waals surface area contributed by atoms with Crippen LogP contribution in [0.15, 0.2) is 29.0 Å². The van der Waals surface area contributed by atoms with E-state index < -0.39 is 0 Å². The van der Waals surface area contributed by atoms with E-state index in [-0.39, 0.29) is 11.8 Å². The van der Waals surface area contributed by atoms with E-state index in [1.165, 1.54) is 0 Å². The van der Waals surface area contributed by atoms with Gasteiger partial charge in [0.25, 0.3) is 5.91 Å². The normalized spacial score (nSPS) is 14.7. The van der Waals surface area contributed by atoms with Gasteiger partial charge in [-0.1, -0.05) is 9.64 Å². The lowest BCUT2D eigenvalue weighted by Gasteiger charge is -2.36. The van der Waals surface area contributed by atoms with E-state index in [9.17, 15) is 4.79 Å².